The van der Waals surface area contributed by atoms with E-state index < -0.39 is 0 Å². The Morgan fingerprint density at radius 2 is 1.85 bits per heavy atom. The van der Waals surface area contributed by atoms with Crippen LogP contribution in [-0.4, -0.2) is 5.91 Å². The summed E-state index contributed by atoms with van der Waals surface area (Å²) in [4.78, 5) is 12.0. The summed E-state index contributed by atoms with van der Waals surface area (Å²) in [5.41, 5.74) is 2.27. The molecule has 0 spiro atoms. The Morgan fingerprint density at radius 1 is 1.20 bits per heavy atom. The zero-order valence-electron chi connectivity index (χ0n) is 12.8. The van der Waals surface area contributed by atoms with E-state index in [-0.39, 0.29) is 5.91 Å². The maximum atomic E-state index is 12.0. The second-order valence-corrected chi connectivity index (χ2v) is 6.19. The average molecular weight is 273 g/mol. The molecule has 1 N–H and O–H groups in total. The van der Waals surface area contributed by atoms with Crippen LogP contribution in [0.3, 0.4) is 0 Å². The van der Waals surface area contributed by atoms with E-state index in [2.05, 4.69) is 31.3 Å². The van der Waals surface area contributed by atoms with E-state index in [0.717, 1.165) is 12.1 Å². The number of benzene rings is 1. The Hall–Kier alpha value is -1.31. The van der Waals surface area contributed by atoms with Crippen molar-refractivity contribution >= 4 is 11.6 Å². The normalized spacial score (nSPS) is 17.7. The molecule has 0 saturated heterocycles. The predicted molar refractivity (Wildman–Crippen MR) is 85.0 cm³/mol. The first kappa shape index (κ1) is 15.1. The van der Waals surface area contributed by atoms with Gasteiger partial charge in [0, 0.05) is 12.1 Å². The molecule has 1 amide bonds. The van der Waals surface area contributed by atoms with E-state index in [4.69, 9.17) is 0 Å². The van der Waals surface area contributed by atoms with Crippen LogP contribution in [0.4, 0.5) is 5.69 Å². The third kappa shape index (κ3) is 4.36. The number of rotatable bonds is 5. The fourth-order valence-corrected chi connectivity index (χ4v) is 3.00. The highest BCUT2D eigenvalue weighted by molar-refractivity contribution is 5.90. The van der Waals surface area contributed by atoms with Gasteiger partial charge in [0.15, 0.2) is 0 Å². The van der Waals surface area contributed by atoms with E-state index in [0.29, 0.717) is 18.3 Å². The fourth-order valence-electron chi connectivity index (χ4n) is 3.00. The SMILES string of the molecule is CCC(C)c1ccc(NC(=O)CC2CCCCC2)cc1. The molecule has 0 radical (unpaired) electrons. The van der Waals surface area contributed by atoms with Crippen LogP contribution in [0.5, 0.6) is 0 Å². The average Bonchev–Trinajstić information content (AvgIpc) is 2.48. The van der Waals surface area contributed by atoms with Crippen LogP contribution in [0.2, 0.25) is 0 Å². The van der Waals surface area contributed by atoms with Gasteiger partial charge >= 0.3 is 0 Å². The predicted octanol–water partition coefficient (Wildman–Crippen LogP) is 5.11. The molecule has 1 unspecified atom stereocenters. The Morgan fingerprint density at radius 3 is 2.45 bits per heavy atom. The molecule has 1 saturated carbocycles. The second kappa shape index (κ2) is 7.47. The summed E-state index contributed by atoms with van der Waals surface area (Å²) in [6.45, 7) is 4.43. The van der Waals surface area contributed by atoms with Gasteiger partial charge in [-0.05, 0) is 48.8 Å². The molecule has 1 aliphatic rings. The number of hydrogen-bond acceptors (Lipinski definition) is 1. The zero-order chi connectivity index (χ0) is 14.4. The Labute approximate surface area is 123 Å². The number of nitrogens with one attached hydrogen (secondary N) is 1. The summed E-state index contributed by atoms with van der Waals surface area (Å²) in [7, 11) is 0. The molecule has 2 rings (SSSR count). The molecule has 0 heterocycles. The molecule has 0 aromatic heterocycles. The lowest BCUT2D eigenvalue weighted by Crippen LogP contribution is -2.18. The van der Waals surface area contributed by atoms with Crippen molar-refractivity contribution in [1.82, 2.24) is 0 Å². The summed E-state index contributed by atoms with van der Waals surface area (Å²) in [6, 6.07) is 8.31. The summed E-state index contributed by atoms with van der Waals surface area (Å²) in [6.07, 6.45) is 8.21. The van der Waals surface area contributed by atoms with Gasteiger partial charge in [0.05, 0.1) is 0 Å². The molecule has 0 bridgehead atoms. The molecule has 1 atom stereocenters. The van der Waals surface area contributed by atoms with E-state index in [1.54, 1.807) is 0 Å². The van der Waals surface area contributed by atoms with Gasteiger partial charge in [-0.1, -0.05) is 45.2 Å². The van der Waals surface area contributed by atoms with E-state index in [9.17, 15) is 4.79 Å². The topological polar surface area (TPSA) is 29.1 Å². The van der Waals surface area contributed by atoms with Crippen molar-refractivity contribution in [3.8, 4) is 0 Å². The lowest BCUT2D eigenvalue weighted by Gasteiger charge is -2.20. The molecule has 2 nitrogen and oxygen atoms in total. The molecular formula is C18H27NO. The molecule has 2 heteroatoms. The van der Waals surface area contributed by atoms with Crippen LogP contribution in [0.15, 0.2) is 24.3 Å². The number of hydrogen-bond donors (Lipinski definition) is 1. The smallest absolute Gasteiger partial charge is 0.224 e. The van der Waals surface area contributed by atoms with E-state index >= 15 is 0 Å². The molecule has 0 aliphatic heterocycles. The van der Waals surface area contributed by atoms with Gasteiger partial charge in [-0.25, -0.2) is 0 Å². The third-order valence-electron chi connectivity index (χ3n) is 4.57. The van der Waals surface area contributed by atoms with Gasteiger partial charge in [0.1, 0.15) is 0 Å². The Bertz CT molecular complexity index is 418. The third-order valence-corrected chi connectivity index (χ3v) is 4.57. The first-order valence-corrected chi connectivity index (χ1v) is 8.09. The summed E-state index contributed by atoms with van der Waals surface area (Å²) >= 11 is 0. The van der Waals surface area contributed by atoms with Crippen LogP contribution >= 0.6 is 0 Å². The largest absolute Gasteiger partial charge is 0.326 e. The van der Waals surface area contributed by atoms with Crippen LogP contribution in [0.25, 0.3) is 0 Å². The minimum atomic E-state index is 0.174. The van der Waals surface area contributed by atoms with Crippen molar-refractivity contribution in [3.05, 3.63) is 29.8 Å². The zero-order valence-corrected chi connectivity index (χ0v) is 12.8. The van der Waals surface area contributed by atoms with E-state index in [1.165, 1.54) is 37.7 Å². The molecular weight excluding hydrogens is 246 g/mol. The monoisotopic (exact) mass is 273 g/mol. The standard InChI is InChI=1S/C18H27NO/c1-3-14(2)16-9-11-17(12-10-16)19-18(20)13-15-7-5-4-6-8-15/h9-12,14-15H,3-8,13H2,1-2H3,(H,19,20). The maximum absolute atomic E-state index is 12.0. The maximum Gasteiger partial charge on any atom is 0.224 e. The summed E-state index contributed by atoms with van der Waals surface area (Å²) < 4.78 is 0. The molecule has 1 fully saturated rings. The van der Waals surface area contributed by atoms with Crippen LogP contribution < -0.4 is 5.32 Å². The van der Waals surface area contributed by atoms with Crippen LogP contribution in [0.1, 0.15) is 70.3 Å². The molecule has 1 aromatic carbocycles. The second-order valence-electron chi connectivity index (χ2n) is 6.19. The van der Waals surface area contributed by atoms with Gasteiger partial charge in [0.2, 0.25) is 5.91 Å². The van der Waals surface area contributed by atoms with E-state index in [1.807, 2.05) is 12.1 Å². The quantitative estimate of drug-likeness (QED) is 0.793. The lowest BCUT2D eigenvalue weighted by atomic mass is 9.87. The van der Waals surface area contributed by atoms with Gasteiger partial charge in [-0.15, -0.1) is 0 Å². The van der Waals surface area contributed by atoms with Crippen molar-refractivity contribution in [2.45, 2.75) is 64.7 Å². The fraction of sp³-hybridized carbons (Fsp3) is 0.611. The van der Waals surface area contributed by atoms with Crippen molar-refractivity contribution in [3.63, 3.8) is 0 Å². The van der Waals surface area contributed by atoms with Crippen LogP contribution in [0, 0.1) is 5.92 Å². The first-order valence-electron chi connectivity index (χ1n) is 8.09. The van der Waals surface area contributed by atoms with Crippen molar-refractivity contribution in [2.24, 2.45) is 5.92 Å². The van der Waals surface area contributed by atoms with Crippen LogP contribution in [-0.2, 0) is 4.79 Å². The molecule has 1 aromatic rings. The van der Waals surface area contributed by atoms with Gasteiger partial charge < -0.3 is 5.32 Å². The van der Waals surface area contributed by atoms with Gasteiger partial charge in [0.25, 0.3) is 0 Å². The first-order chi connectivity index (χ1) is 9.69. The number of anilines is 1. The minimum Gasteiger partial charge on any atom is -0.326 e. The molecule has 1 aliphatic carbocycles. The minimum absolute atomic E-state index is 0.174. The highest BCUT2D eigenvalue weighted by atomic mass is 16.1. The van der Waals surface area contributed by atoms with Crippen molar-refractivity contribution < 1.29 is 4.79 Å². The Balaban J connectivity index is 1.84. The van der Waals surface area contributed by atoms with Gasteiger partial charge in [-0.3, -0.25) is 4.79 Å². The molecule has 110 valence electrons. The highest BCUT2D eigenvalue weighted by Crippen LogP contribution is 2.27. The molecule has 20 heavy (non-hydrogen) atoms. The number of carbonyl (C=O) groups is 1. The highest BCUT2D eigenvalue weighted by Gasteiger charge is 2.17. The van der Waals surface area contributed by atoms with Crippen molar-refractivity contribution in [1.29, 1.82) is 0 Å². The number of carbonyl (C=O) groups excluding carboxylic acids is 1. The Kier molecular flexibility index (Phi) is 5.63. The van der Waals surface area contributed by atoms with Crippen molar-refractivity contribution in [2.75, 3.05) is 5.32 Å². The van der Waals surface area contributed by atoms with Gasteiger partial charge in [-0.2, -0.15) is 0 Å². The number of amides is 1. The summed E-state index contributed by atoms with van der Waals surface area (Å²) in [5.74, 6) is 1.36. The summed E-state index contributed by atoms with van der Waals surface area (Å²) in [5, 5.41) is 3.03. The lowest BCUT2D eigenvalue weighted by molar-refractivity contribution is -0.117.